The second kappa shape index (κ2) is 8.92. The van der Waals surface area contributed by atoms with E-state index in [-0.39, 0.29) is 11.9 Å². The molecule has 0 saturated heterocycles. The Balaban J connectivity index is 1.73. The molecule has 1 amide bonds. The summed E-state index contributed by atoms with van der Waals surface area (Å²) in [6.07, 6.45) is 3.67. The van der Waals surface area contributed by atoms with Gasteiger partial charge in [-0.1, -0.05) is 65.8 Å². The highest BCUT2D eigenvalue weighted by molar-refractivity contribution is 7.99. The number of benzene rings is 2. The van der Waals surface area contributed by atoms with Crippen molar-refractivity contribution in [2.75, 3.05) is 5.75 Å². The first-order valence-electron chi connectivity index (χ1n) is 8.41. The van der Waals surface area contributed by atoms with Crippen LogP contribution in [-0.4, -0.2) is 21.2 Å². The van der Waals surface area contributed by atoms with Crippen molar-refractivity contribution < 1.29 is 4.79 Å². The minimum Gasteiger partial charge on any atom is -0.344 e. The van der Waals surface area contributed by atoms with Crippen LogP contribution in [0.25, 0.3) is 0 Å². The zero-order valence-electron chi connectivity index (χ0n) is 14.4. The molecule has 1 heterocycles. The zero-order valence-corrected chi connectivity index (χ0v) is 16.0. The third-order valence-corrected chi connectivity index (χ3v) is 5.25. The number of amides is 1. The van der Waals surface area contributed by atoms with E-state index < -0.39 is 0 Å². The largest absolute Gasteiger partial charge is 0.344 e. The lowest BCUT2D eigenvalue weighted by Gasteiger charge is -2.20. The van der Waals surface area contributed by atoms with E-state index in [0.29, 0.717) is 10.8 Å². The number of nitrogens with zero attached hydrogens (tertiary/aromatic N) is 2. The van der Waals surface area contributed by atoms with E-state index in [1.54, 1.807) is 6.20 Å². The van der Waals surface area contributed by atoms with Crippen LogP contribution in [0, 0.1) is 0 Å². The van der Waals surface area contributed by atoms with Gasteiger partial charge in [-0.15, -0.1) is 0 Å². The molecule has 1 aromatic heterocycles. The van der Waals surface area contributed by atoms with Crippen LogP contribution in [0.3, 0.4) is 0 Å². The number of carbonyl (C=O) groups excluding carboxylic acids is 1. The average molecular weight is 386 g/mol. The number of imidazole rings is 1. The SMILES string of the molecule is CCn1ccnc1SCC(=O)NC(c1ccccc1)c1ccc(Cl)cc1. The Morgan fingerprint density at radius 3 is 2.54 bits per heavy atom. The first-order valence-corrected chi connectivity index (χ1v) is 9.77. The molecular weight excluding hydrogens is 366 g/mol. The van der Waals surface area contributed by atoms with E-state index in [1.165, 1.54) is 11.8 Å². The number of carbonyl (C=O) groups is 1. The van der Waals surface area contributed by atoms with E-state index >= 15 is 0 Å². The first-order chi connectivity index (χ1) is 12.7. The predicted octanol–water partition coefficient (Wildman–Crippen LogP) is 4.55. The number of rotatable bonds is 7. The molecule has 4 nitrogen and oxygen atoms in total. The molecule has 0 saturated carbocycles. The Hall–Kier alpha value is -2.24. The maximum Gasteiger partial charge on any atom is 0.231 e. The van der Waals surface area contributed by atoms with Gasteiger partial charge in [-0.25, -0.2) is 4.98 Å². The molecule has 0 radical (unpaired) electrons. The fraction of sp³-hybridized carbons (Fsp3) is 0.200. The maximum atomic E-state index is 12.6. The molecule has 0 aliphatic rings. The lowest BCUT2D eigenvalue weighted by molar-refractivity contribution is -0.119. The minimum absolute atomic E-state index is 0.0375. The van der Waals surface area contributed by atoms with E-state index in [1.807, 2.05) is 65.4 Å². The Bertz CT molecular complexity index is 849. The second-order valence-electron chi connectivity index (χ2n) is 5.75. The highest BCUT2D eigenvalue weighted by atomic mass is 35.5. The van der Waals surface area contributed by atoms with Gasteiger partial charge in [0.25, 0.3) is 0 Å². The summed E-state index contributed by atoms with van der Waals surface area (Å²) in [5, 5.41) is 4.66. The van der Waals surface area contributed by atoms with Gasteiger partial charge in [0.1, 0.15) is 0 Å². The van der Waals surface area contributed by atoms with Crippen LogP contribution in [-0.2, 0) is 11.3 Å². The molecule has 1 unspecified atom stereocenters. The van der Waals surface area contributed by atoms with Gasteiger partial charge in [0.2, 0.25) is 5.91 Å². The van der Waals surface area contributed by atoms with E-state index in [4.69, 9.17) is 11.6 Å². The van der Waals surface area contributed by atoms with Crippen molar-refractivity contribution in [3.8, 4) is 0 Å². The number of hydrogen-bond donors (Lipinski definition) is 1. The normalized spacial score (nSPS) is 11.9. The third kappa shape index (κ3) is 4.68. The number of aromatic nitrogens is 2. The van der Waals surface area contributed by atoms with E-state index in [0.717, 1.165) is 22.8 Å². The van der Waals surface area contributed by atoms with Gasteiger partial charge in [-0.2, -0.15) is 0 Å². The Labute approximate surface area is 162 Å². The van der Waals surface area contributed by atoms with Crippen molar-refractivity contribution in [3.05, 3.63) is 83.1 Å². The minimum atomic E-state index is -0.215. The lowest BCUT2D eigenvalue weighted by Crippen LogP contribution is -2.30. The van der Waals surface area contributed by atoms with Crippen molar-refractivity contribution in [2.45, 2.75) is 24.7 Å². The van der Waals surface area contributed by atoms with Crippen LogP contribution in [0.5, 0.6) is 0 Å². The zero-order chi connectivity index (χ0) is 18.4. The summed E-state index contributed by atoms with van der Waals surface area (Å²) >= 11 is 7.44. The van der Waals surface area contributed by atoms with Gasteiger partial charge in [0.15, 0.2) is 5.16 Å². The highest BCUT2D eigenvalue weighted by Crippen LogP contribution is 2.24. The van der Waals surface area contributed by atoms with Crippen LogP contribution in [0.4, 0.5) is 0 Å². The van der Waals surface area contributed by atoms with Crippen molar-refractivity contribution in [3.63, 3.8) is 0 Å². The van der Waals surface area contributed by atoms with Crippen LogP contribution in [0.2, 0.25) is 5.02 Å². The van der Waals surface area contributed by atoms with Crippen LogP contribution >= 0.6 is 23.4 Å². The molecule has 0 bridgehead atoms. The fourth-order valence-electron chi connectivity index (χ4n) is 2.67. The Morgan fingerprint density at radius 2 is 1.85 bits per heavy atom. The van der Waals surface area contributed by atoms with Crippen LogP contribution in [0.1, 0.15) is 24.1 Å². The van der Waals surface area contributed by atoms with Gasteiger partial charge in [0, 0.05) is 24.0 Å². The summed E-state index contributed by atoms with van der Waals surface area (Å²) in [5.74, 6) is 0.276. The summed E-state index contributed by atoms with van der Waals surface area (Å²) in [5.41, 5.74) is 2.03. The summed E-state index contributed by atoms with van der Waals surface area (Å²) in [6.45, 7) is 2.89. The molecule has 6 heteroatoms. The summed E-state index contributed by atoms with van der Waals surface area (Å²) < 4.78 is 2.02. The number of nitrogens with one attached hydrogen (secondary N) is 1. The van der Waals surface area contributed by atoms with Gasteiger partial charge >= 0.3 is 0 Å². The number of halogens is 1. The molecule has 134 valence electrons. The summed E-state index contributed by atoms with van der Waals surface area (Å²) in [7, 11) is 0. The fourth-order valence-corrected chi connectivity index (χ4v) is 3.63. The topological polar surface area (TPSA) is 46.9 Å². The van der Waals surface area contributed by atoms with Crippen LogP contribution < -0.4 is 5.32 Å². The standard InChI is InChI=1S/C20H20ClN3OS/c1-2-24-13-12-22-20(24)26-14-18(25)23-19(15-6-4-3-5-7-15)16-8-10-17(21)11-9-16/h3-13,19H,2,14H2,1H3,(H,23,25). The van der Waals surface area contributed by atoms with E-state index in [2.05, 4.69) is 17.2 Å². The Morgan fingerprint density at radius 1 is 1.15 bits per heavy atom. The molecule has 0 aliphatic heterocycles. The molecule has 3 rings (SSSR count). The molecule has 26 heavy (non-hydrogen) atoms. The quantitative estimate of drug-likeness (QED) is 0.607. The smallest absolute Gasteiger partial charge is 0.231 e. The third-order valence-electron chi connectivity index (χ3n) is 3.99. The predicted molar refractivity (Wildman–Crippen MR) is 107 cm³/mol. The van der Waals surface area contributed by atoms with Gasteiger partial charge in [0.05, 0.1) is 11.8 Å². The highest BCUT2D eigenvalue weighted by Gasteiger charge is 2.17. The molecule has 0 aliphatic carbocycles. The van der Waals surface area contributed by atoms with Gasteiger partial charge in [-0.05, 0) is 30.2 Å². The van der Waals surface area contributed by atoms with Crippen LogP contribution in [0.15, 0.2) is 72.1 Å². The molecule has 2 aromatic carbocycles. The van der Waals surface area contributed by atoms with Crippen molar-refractivity contribution in [1.82, 2.24) is 14.9 Å². The number of aryl methyl sites for hydroxylation is 1. The Kier molecular flexibility index (Phi) is 6.36. The number of hydrogen-bond acceptors (Lipinski definition) is 3. The number of thioether (sulfide) groups is 1. The maximum absolute atomic E-state index is 12.6. The van der Waals surface area contributed by atoms with Gasteiger partial charge in [-0.3, -0.25) is 4.79 Å². The molecule has 1 atom stereocenters. The summed E-state index contributed by atoms with van der Waals surface area (Å²) in [4.78, 5) is 16.9. The van der Waals surface area contributed by atoms with Crippen molar-refractivity contribution in [1.29, 1.82) is 0 Å². The van der Waals surface area contributed by atoms with E-state index in [9.17, 15) is 4.79 Å². The molecule has 3 aromatic rings. The molecular formula is C20H20ClN3OS. The van der Waals surface area contributed by atoms with Crippen molar-refractivity contribution >= 4 is 29.3 Å². The first kappa shape index (κ1) is 18.5. The van der Waals surface area contributed by atoms with Crippen molar-refractivity contribution in [2.24, 2.45) is 0 Å². The summed E-state index contributed by atoms with van der Waals surface area (Å²) in [6, 6.07) is 17.3. The molecule has 0 spiro atoms. The monoisotopic (exact) mass is 385 g/mol. The molecule has 1 N–H and O–H groups in total. The lowest BCUT2D eigenvalue weighted by atomic mass is 9.99. The molecule has 0 fully saturated rings. The van der Waals surface area contributed by atoms with Gasteiger partial charge < -0.3 is 9.88 Å². The second-order valence-corrected chi connectivity index (χ2v) is 7.13. The average Bonchev–Trinajstić information content (AvgIpc) is 3.13.